The number of benzene rings is 1. The van der Waals surface area contributed by atoms with Crippen LogP contribution in [0.25, 0.3) is 5.78 Å². The molecule has 0 aliphatic heterocycles. The van der Waals surface area contributed by atoms with Crippen LogP contribution >= 0.6 is 11.8 Å². The molecule has 0 spiro atoms. The molecule has 25 heavy (non-hydrogen) atoms. The van der Waals surface area contributed by atoms with E-state index >= 15 is 0 Å². The molecule has 0 atom stereocenters. The molecule has 2 N–H and O–H groups in total. The maximum atomic E-state index is 12.1. The summed E-state index contributed by atoms with van der Waals surface area (Å²) >= 11 is 1.32. The maximum absolute atomic E-state index is 12.1. The number of rotatable bonds is 4. The first-order chi connectivity index (χ1) is 12.2. The van der Waals surface area contributed by atoms with Gasteiger partial charge in [0.1, 0.15) is 0 Å². The van der Waals surface area contributed by atoms with E-state index in [1.807, 2.05) is 34.7 Å². The fraction of sp³-hybridized carbons (Fsp3) is 0.294. The van der Waals surface area contributed by atoms with Gasteiger partial charge in [-0.05, 0) is 37.8 Å². The predicted molar refractivity (Wildman–Crippen MR) is 96.0 cm³/mol. The van der Waals surface area contributed by atoms with Gasteiger partial charge in [-0.1, -0.05) is 30.0 Å². The van der Waals surface area contributed by atoms with E-state index in [2.05, 4.69) is 20.5 Å². The molecular weight excluding hydrogens is 338 g/mol. The maximum Gasteiger partial charge on any atom is 0.255 e. The Morgan fingerprint density at radius 3 is 2.84 bits per heavy atom. The zero-order chi connectivity index (χ0) is 17.2. The lowest BCUT2D eigenvalue weighted by Crippen LogP contribution is -2.23. The number of aryl methyl sites for hydroxylation is 1. The van der Waals surface area contributed by atoms with Gasteiger partial charge in [-0.25, -0.2) is 0 Å². The number of carbonyl (C=O) groups excluding carboxylic acids is 1. The molecule has 0 radical (unpaired) electrons. The Kier molecular flexibility index (Phi) is 4.27. The zero-order valence-electron chi connectivity index (χ0n) is 13.5. The van der Waals surface area contributed by atoms with Gasteiger partial charge in [0.15, 0.2) is 5.16 Å². The number of aromatic amines is 1. The van der Waals surface area contributed by atoms with Crippen molar-refractivity contribution in [1.29, 1.82) is 0 Å². The lowest BCUT2D eigenvalue weighted by atomic mass is 9.97. The molecule has 2 heterocycles. The van der Waals surface area contributed by atoms with Gasteiger partial charge in [0.25, 0.3) is 5.56 Å². The van der Waals surface area contributed by atoms with E-state index in [0.29, 0.717) is 10.9 Å². The molecule has 0 saturated heterocycles. The van der Waals surface area contributed by atoms with Crippen LogP contribution < -0.4 is 10.9 Å². The quantitative estimate of drug-likeness (QED) is 0.699. The van der Waals surface area contributed by atoms with Crippen LogP contribution in [0.1, 0.15) is 24.1 Å². The molecule has 7 nitrogen and oxygen atoms in total. The van der Waals surface area contributed by atoms with E-state index in [-0.39, 0.29) is 17.2 Å². The van der Waals surface area contributed by atoms with E-state index in [4.69, 9.17) is 0 Å². The summed E-state index contributed by atoms with van der Waals surface area (Å²) in [4.78, 5) is 27.1. The number of hydrogen-bond donors (Lipinski definition) is 2. The third kappa shape index (κ3) is 3.17. The van der Waals surface area contributed by atoms with Crippen LogP contribution in [0.5, 0.6) is 0 Å². The molecule has 0 saturated carbocycles. The highest BCUT2D eigenvalue weighted by Crippen LogP contribution is 2.23. The van der Waals surface area contributed by atoms with Crippen molar-refractivity contribution in [2.75, 3.05) is 11.1 Å². The first-order valence-electron chi connectivity index (χ1n) is 8.19. The molecular formula is C17H17N5O2S. The van der Waals surface area contributed by atoms with Gasteiger partial charge in [0.2, 0.25) is 11.7 Å². The monoisotopic (exact) mass is 355 g/mol. The Bertz CT molecular complexity index is 980. The third-order valence-electron chi connectivity index (χ3n) is 4.23. The summed E-state index contributed by atoms with van der Waals surface area (Å²) in [6.07, 6.45) is 3.67. The van der Waals surface area contributed by atoms with Crippen molar-refractivity contribution in [2.45, 2.75) is 30.8 Å². The molecule has 1 amide bonds. The van der Waals surface area contributed by atoms with Crippen LogP contribution in [0.3, 0.4) is 0 Å². The number of nitrogens with one attached hydrogen (secondary N) is 2. The number of thioether (sulfide) groups is 1. The van der Waals surface area contributed by atoms with Crippen molar-refractivity contribution in [3.05, 3.63) is 51.9 Å². The van der Waals surface area contributed by atoms with E-state index in [1.54, 1.807) is 0 Å². The Morgan fingerprint density at radius 1 is 1.20 bits per heavy atom. The van der Waals surface area contributed by atoms with Crippen molar-refractivity contribution in [1.82, 2.24) is 19.6 Å². The Labute approximate surface area is 147 Å². The molecule has 0 bridgehead atoms. The Balaban J connectivity index is 1.56. The fourth-order valence-corrected chi connectivity index (χ4v) is 3.85. The highest BCUT2D eigenvalue weighted by atomic mass is 32.2. The van der Waals surface area contributed by atoms with Gasteiger partial charge in [-0.2, -0.15) is 0 Å². The molecule has 128 valence electrons. The minimum absolute atomic E-state index is 0.0760. The summed E-state index contributed by atoms with van der Waals surface area (Å²) in [5.74, 6) is 0.562. The number of nitrogens with zero attached hydrogens (tertiary/aromatic N) is 3. The van der Waals surface area contributed by atoms with E-state index in [0.717, 1.165) is 42.6 Å². The number of amides is 1. The summed E-state index contributed by atoms with van der Waals surface area (Å²) in [6.45, 7) is 0. The highest BCUT2D eigenvalue weighted by Gasteiger charge is 2.20. The first kappa shape index (κ1) is 15.9. The van der Waals surface area contributed by atoms with Gasteiger partial charge in [-0.3, -0.25) is 19.0 Å². The molecule has 0 fully saturated rings. The second-order valence-electron chi connectivity index (χ2n) is 5.93. The van der Waals surface area contributed by atoms with Crippen molar-refractivity contribution in [2.24, 2.45) is 0 Å². The van der Waals surface area contributed by atoms with Crippen molar-refractivity contribution in [3.63, 3.8) is 0 Å². The second-order valence-corrected chi connectivity index (χ2v) is 6.87. The molecule has 1 aromatic carbocycles. The van der Waals surface area contributed by atoms with Crippen LogP contribution in [-0.4, -0.2) is 31.2 Å². The minimum atomic E-state index is -0.105. The number of para-hydroxylation sites is 1. The average molecular weight is 355 g/mol. The van der Waals surface area contributed by atoms with E-state index in [9.17, 15) is 9.59 Å². The molecule has 0 unspecified atom stereocenters. The Morgan fingerprint density at radius 2 is 2.00 bits per heavy atom. The van der Waals surface area contributed by atoms with Crippen LogP contribution in [0.4, 0.5) is 5.69 Å². The average Bonchev–Trinajstić information content (AvgIpc) is 3.04. The van der Waals surface area contributed by atoms with Crippen LogP contribution in [-0.2, 0) is 17.6 Å². The SMILES string of the molecule is O=C(CSc1nnc2[nH]c(=O)c3c(n12)CCCC3)Nc1ccccc1. The third-order valence-corrected chi connectivity index (χ3v) is 5.16. The number of aromatic nitrogens is 4. The van der Waals surface area contributed by atoms with E-state index < -0.39 is 0 Å². The standard InChI is InChI=1S/C17H17N5O2S/c23-14(18-11-6-2-1-3-7-11)10-25-17-21-20-16-19-15(24)12-8-4-5-9-13(12)22(16)17/h1-3,6-7H,4-5,8-10H2,(H,18,23)(H,19,20,24). The van der Waals surface area contributed by atoms with E-state index in [1.165, 1.54) is 11.8 Å². The summed E-state index contributed by atoms with van der Waals surface area (Å²) < 4.78 is 1.89. The van der Waals surface area contributed by atoms with Crippen LogP contribution in [0, 0.1) is 0 Å². The van der Waals surface area contributed by atoms with Gasteiger partial charge in [0.05, 0.1) is 5.75 Å². The Hall–Kier alpha value is -2.61. The van der Waals surface area contributed by atoms with Gasteiger partial charge in [-0.15, -0.1) is 10.2 Å². The highest BCUT2D eigenvalue weighted by molar-refractivity contribution is 7.99. The minimum Gasteiger partial charge on any atom is -0.325 e. The largest absolute Gasteiger partial charge is 0.325 e. The number of hydrogen-bond acceptors (Lipinski definition) is 5. The smallest absolute Gasteiger partial charge is 0.255 e. The number of H-pyrrole nitrogens is 1. The van der Waals surface area contributed by atoms with Crippen LogP contribution in [0.2, 0.25) is 0 Å². The molecule has 2 aromatic heterocycles. The fourth-order valence-electron chi connectivity index (χ4n) is 3.09. The van der Waals surface area contributed by atoms with Gasteiger partial charge >= 0.3 is 0 Å². The summed E-state index contributed by atoms with van der Waals surface area (Å²) in [6, 6.07) is 9.33. The lowest BCUT2D eigenvalue weighted by molar-refractivity contribution is -0.113. The zero-order valence-corrected chi connectivity index (χ0v) is 14.3. The van der Waals surface area contributed by atoms with Crippen molar-refractivity contribution >= 4 is 29.1 Å². The molecule has 8 heteroatoms. The predicted octanol–water partition coefficient (Wildman–Crippen LogP) is 2.03. The van der Waals surface area contributed by atoms with Gasteiger partial charge < -0.3 is 5.32 Å². The second kappa shape index (κ2) is 6.72. The molecule has 3 aromatic rings. The summed E-state index contributed by atoms with van der Waals surface area (Å²) in [7, 11) is 0. The topological polar surface area (TPSA) is 92.2 Å². The molecule has 1 aliphatic rings. The van der Waals surface area contributed by atoms with Gasteiger partial charge in [0, 0.05) is 16.9 Å². The van der Waals surface area contributed by atoms with Crippen LogP contribution in [0.15, 0.2) is 40.3 Å². The first-order valence-corrected chi connectivity index (χ1v) is 9.18. The summed E-state index contributed by atoms with van der Waals surface area (Å²) in [5, 5.41) is 11.7. The number of anilines is 1. The number of carbonyl (C=O) groups is 1. The molecule has 4 rings (SSSR count). The summed E-state index contributed by atoms with van der Waals surface area (Å²) in [5.41, 5.74) is 2.48. The lowest BCUT2D eigenvalue weighted by Gasteiger charge is -2.16. The number of fused-ring (bicyclic) bond motifs is 3. The van der Waals surface area contributed by atoms with Crippen molar-refractivity contribution in [3.8, 4) is 0 Å². The molecule has 1 aliphatic carbocycles. The van der Waals surface area contributed by atoms with Crippen molar-refractivity contribution < 1.29 is 4.79 Å². The normalized spacial score (nSPS) is 13.6.